The van der Waals surface area contributed by atoms with Crippen molar-refractivity contribution in [3.8, 4) is 0 Å². The number of benzene rings is 1. The second kappa shape index (κ2) is 4.71. The Labute approximate surface area is 99.0 Å². The van der Waals surface area contributed by atoms with Gasteiger partial charge in [-0.05, 0) is 37.1 Å². The average Bonchev–Trinajstić information content (AvgIpc) is 2.70. The maximum absolute atomic E-state index is 13.0. The highest BCUT2D eigenvalue weighted by molar-refractivity contribution is 5.89. The first-order valence-electron chi connectivity index (χ1n) is 5.56. The van der Waals surface area contributed by atoms with E-state index in [1.54, 1.807) is 17.9 Å². The van der Waals surface area contributed by atoms with E-state index in [4.69, 9.17) is 0 Å². The van der Waals surface area contributed by atoms with E-state index < -0.39 is 6.10 Å². The summed E-state index contributed by atoms with van der Waals surface area (Å²) in [5.41, 5.74) is 1.06. The van der Waals surface area contributed by atoms with Gasteiger partial charge in [0, 0.05) is 18.8 Å². The molecule has 0 unspecified atom stereocenters. The molecule has 1 saturated heterocycles. The third kappa shape index (κ3) is 2.74. The van der Waals surface area contributed by atoms with Gasteiger partial charge in [0.25, 0.3) is 0 Å². The monoisotopic (exact) mass is 238 g/mol. The number of nitrogens with one attached hydrogen (secondary N) is 1. The van der Waals surface area contributed by atoms with E-state index >= 15 is 0 Å². The largest absolute Gasteiger partial charge is 0.391 e. The van der Waals surface area contributed by atoms with E-state index in [1.165, 1.54) is 12.1 Å². The van der Waals surface area contributed by atoms with Crippen LogP contribution in [0, 0.1) is 12.7 Å². The maximum Gasteiger partial charge on any atom is 0.321 e. The van der Waals surface area contributed by atoms with Crippen molar-refractivity contribution in [3.63, 3.8) is 0 Å². The van der Waals surface area contributed by atoms with Gasteiger partial charge in [-0.3, -0.25) is 0 Å². The SMILES string of the molecule is Cc1cc(NC(=O)N2CC[C@H](O)C2)ccc1F. The Kier molecular flexibility index (Phi) is 3.28. The minimum atomic E-state index is -0.435. The molecular formula is C12H15FN2O2. The third-order valence-corrected chi connectivity index (χ3v) is 2.86. The molecule has 0 aromatic heterocycles. The van der Waals surface area contributed by atoms with Gasteiger partial charge in [0.05, 0.1) is 6.10 Å². The number of halogens is 1. The molecule has 0 bridgehead atoms. The van der Waals surface area contributed by atoms with Crippen LogP contribution < -0.4 is 5.32 Å². The summed E-state index contributed by atoms with van der Waals surface area (Å²) in [6, 6.07) is 4.17. The van der Waals surface area contributed by atoms with Crippen LogP contribution in [-0.4, -0.2) is 35.2 Å². The number of aliphatic hydroxyl groups is 1. The Balaban J connectivity index is 2.00. The Morgan fingerprint density at radius 1 is 1.59 bits per heavy atom. The molecule has 17 heavy (non-hydrogen) atoms. The van der Waals surface area contributed by atoms with Crippen LogP contribution in [0.4, 0.5) is 14.9 Å². The predicted molar refractivity (Wildman–Crippen MR) is 62.4 cm³/mol. The van der Waals surface area contributed by atoms with Crippen LogP contribution in [0.25, 0.3) is 0 Å². The van der Waals surface area contributed by atoms with Crippen molar-refractivity contribution in [1.82, 2.24) is 4.90 Å². The standard InChI is InChI=1S/C12H15FN2O2/c1-8-6-9(2-3-11(8)13)14-12(17)15-5-4-10(16)7-15/h2-3,6,10,16H,4-5,7H2,1H3,(H,14,17)/t10-/m0/s1. The van der Waals surface area contributed by atoms with Crippen LogP contribution >= 0.6 is 0 Å². The zero-order valence-corrected chi connectivity index (χ0v) is 9.61. The first-order chi connectivity index (χ1) is 8.06. The number of hydrogen-bond acceptors (Lipinski definition) is 2. The zero-order chi connectivity index (χ0) is 12.4. The summed E-state index contributed by atoms with van der Waals surface area (Å²) >= 11 is 0. The molecule has 1 aliphatic rings. The normalized spacial score (nSPS) is 19.5. The number of hydrogen-bond donors (Lipinski definition) is 2. The van der Waals surface area contributed by atoms with Crippen LogP contribution in [0.3, 0.4) is 0 Å². The van der Waals surface area contributed by atoms with E-state index in [9.17, 15) is 14.3 Å². The van der Waals surface area contributed by atoms with Gasteiger partial charge in [-0.25, -0.2) is 9.18 Å². The summed E-state index contributed by atoms with van der Waals surface area (Å²) in [6.07, 6.45) is 0.172. The van der Waals surface area contributed by atoms with Crippen LogP contribution in [0.5, 0.6) is 0 Å². The number of β-amino-alcohol motifs (C(OH)–C–C–N with tert-alkyl or cyclic N) is 1. The van der Waals surface area contributed by atoms with Crippen molar-refractivity contribution in [1.29, 1.82) is 0 Å². The van der Waals surface area contributed by atoms with Gasteiger partial charge in [-0.1, -0.05) is 0 Å². The number of rotatable bonds is 1. The Bertz CT molecular complexity index is 437. The lowest BCUT2D eigenvalue weighted by atomic mass is 10.2. The molecular weight excluding hydrogens is 223 g/mol. The van der Waals surface area contributed by atoms with Crippen molar-refractivity contribution < 1.29 is 14.3 Å². The topological polar surface area (TPSA) is 52.6 Å². The van der Waals surface area contributed by atoms with Gasteiger partial charge >= 0.3 is 6.03 Å². The van der Waals surface area contributed by atoms with Gasteiger partial charge in [-0.15, -0.1) is 0 Å². The molecule has 2 N–H and O–H groups in total. The van der Waals surface area contributed by atoms with Crippen molar-refractivity contribution >= 4 is 11.7 Å². The van der Waals surface area contributed by atoms with Crippen LogP contribution in [-0.2, 0) is 0 Å². The molecule has 1 aromatic rings. The first kappa shape index (κ1) is 11.9. The summed E-state index contributed by atoms with van der Waals surface area (Å²) in [4.78, 5) is 13.3. The molecule has 5 heteroatoms. The van der Waals surface area contributed by atoms with Crippen molar-refractivity contribution in [3.05, 3.63) is 29.6 Å². The molecule has 2 amide bonds. The fraction of sp³-hybridized carbons (Fsp3) is 0.417. The number of aliphatic hydroxyl groups excluding tert-OH is 1. The van der Waals surface area contributed by atoms with Crippen LogP contribution in [0.2, 0.25) is 0 Å². The number of carbonyl (C=O) groups excluding carboxylic acids is 1. The number of amides is 2. The molecule has 0 spiro atoms. The van der Waals surface area contributed by atoms with Gasteiger partial charge in [0.2, 0.25) is 0 Å². The fourth-order valence-corrected chi connectivity index (χ4v) is 1.85. The summed E-state index contributed by atoms with van der Waals surface area (Å²) in [7, 11) is 0. The number of carbonyl (C=O) groups is 1. The van der Waals surface area contributed by atoms with Gasteiger partial charge in [-0.2, -0.15) is 0 Å². The maximum atomic E-state index is 13.0. The number of likely N-dealkylation sites (tertiary alicyclic amines) is 1. The van der Waals surface area contributed by atoms with Crippen LogP contribution in [0.1, 0.15) is 12.0 Å². The second-order valence-corrected chi connectivity index (χ2v) is 4.28. The predicted octanol–water partition coefficient (Wildman–Crippen LogP) is 1.73. The lowest BCUT2D eigenvalue weighted by Crippen LogP contribution is -2.33. The molecule has 1 fully saturated rings. The van der Waals surface area contributed by atoms with Gasteiger partial charge < -0.3 is 15.3 Å². The molecule has 2 rings (SSSR count). The molecule has 0 aliphatic carbocycles. The summed E-state index contributed by atoms with van der Waals surface area (Å²) in [5.74, 6) is -0.292. The summed E-state index contributed by atoms with van der Waals surface area (Å²) < 4.78 is 13.0. The lowest BCUT2D eigenvalue weighted by Gasteiger charge is -2.16. The Morgan fingerprint density at radius 3 is 2.94 bits per heavy atom. The summed E-state index contributed by atoms with van der Waals surface area (Å²) in [5, 5.41) is 12.0. The van der Waals surface area contributed by atoms with E-state index in [2.05, 4.69) is 5.32 Å². The van der Waals surface area contributed by atoms with E-state index in [0.29, 0.717) is 30.8 Å². The Hall–Kier alpha value is -1.62. The number of nitrogens with zero attached hydrogens (tertiary/aromatic N) is 1. The molecule has 92 valence electrons. The molecule has 0 radical (unpaired) electrons. The lowest BCUT2D eigenvalue weighted by molar-refractivity contribution is 0.176. The number of urea groups is 1. The third-order valence-electron chi connectivity index (χ3n) is 2.86. The van der Waals surface area contributed by atoms with Gasteiger partial charge in [0.15, 0.2) is 0 Å². The molecule has 4 nitrogen and oxygen atoms in total. The highest BCUT2D eigenvalue weighted by Gasteiger charge is 2.24. The molecule has 0 saturated carbocycles. The minimum absolute atomic E-state index is 0.257. The first-order valence-corrected chi connectivity index (χ1v) is 5.56. The smallest absolute Gasteiger partial charge is 0.321 e. The number of aryl methyl sites for hydroxylation is 1. The van der Waals surface area contributed by atoms with Gasteiger partial charge in [0.1, 0.15) is 5.82 Å². The number of anilines is 1. The molecule has 1 aromatic carbocycles. The second-order valence-electron chi connectivity index (χ2n) is 4.28. The average molecular weight is 238 g/mol. The van der Waals surface area contributed by atoms with Crippen molar-refractivity contribution in [2.24, 2.45) is 0 Å². The quantitative estimate of drug-likeness (QED) is 0.783. The molecule has 1 atom stereocenters. The minimum Gasteiger partial charge on any atom is -0.391 e. The molecule has 1 heterocycles. The van der Waals surface area contributed by atoms with E-state index in [-0.39, 0.29) is 11.8 Å². The van der Waals surface area contributed by atoms with E-state index in [0.717, 1.165) is 0 Å². The van der Waals surface area contributed by atoms with Crippen molar-refractivity contribution in [2.45, 2.75) is 19.4 Å². The highest BCUT2D eigenvalue weighted by atomic mass is 19.1. The summed E-state index contributed by atoms with van der Waals surface area (Å²) in [6.45, 7) is 2.55. The highest BCUT2D eigenvalue weighted by Crippen LogP contribution is 2.16. The van der Waals surface area contributed by atoms with Crippen LogP contribution in [0.15, 0.2) is 18.2 Å². The fourth-order valence-electron chi connectivity index (χ4n) is 1.85. The molecule has 1 aliphatic heterocycles. The zero-order valence-electron chi connectivity index (χ0n) is 9.61. The Morgan fingerprint density at radius 2 is 2.35 bits per heavy atom. The van der Waals surface area contributed by atoms with Crippen molar-refractivity contribution in [2.75, 3.05) is 18.4 Å². The van der Waals surface area contributed by atoms with E-state index in [1.807, 2.05) is 0 Å².